The molecule has 1 atom stereocenters. The van der Waals surface area contributed by atoms with Crippen LogP contribution in [0.3, 0.4) is 0 Å². The Balaban J connectivity index is 2.13. The summed E-state index contributed by atoms with van der Waals surface area (Å²) in [6, 6.07) is 2.23. The third-order valence-electron chi connectivity index (χ3n) is 3.29. The number of carboxylic acid groups (broad SMARTS) is 1. The number of nitrogens with zero attached hydrogens (tertiary/aromatic N) is 1. The fourth-order valence-electron chi connectivity index (χ4n) is 2.36. The summed E-state index contributed by atoms with van der Waals surface area (Å²) in [7, 11) is 0. The highest BCUT2D eigenvalue weighted by Gasteiger charge is 2.30. The van der Waals surface area contributed by atoms with E-state index in [1.807, 2.05) is 0 Å². The fourth-order valence-corrected chi connectivity index (χ4v) is 3.27. The zero-order valence-electron chi connectivity index (χ0n) is 10.9. The first-order chi connectivity index (χ1) is 9.88. The van der Waals surface area contributed by atoms with Crippen LogP contribution >= 0.6 is 34.8 Å². The van der Waals surface area contributed by atoms with Crippen LogP contribution in [-0.2, 0) is 4.79 Å². The first-order valence-electron chi connectivity index (χ1n) is 6.32. The van der Waals surface area contributed by atoms with E-state index in [9.17, 15) is 9.59 Å². The van der Waals surface area contributed by atoms with Gasteiger partial charge in [-0.15, -0.1) is 0 Å². The second-order valence-electron chi connectivity index (χ2n) is 4.76. The topological polar surface area (TPSA) is 69.6 Å². The van der Waals surface area contributed by atoms with Crippen LogP contribution in [0.15, 0.2) is 12.1 Å². The smallest absolute Gasteiger partial charge is 0.322 e. The van der Waals surface area contributed by atoms with Crippen molar-refractivity contribution in [2.75, 3.05) is 11.9 Å². The molecule has 0 radical (unpaired) electrons. The number of benzene rings is 1. The molecule has 1 aromatic rings. The number of rotatable bonds is 3. The number of nitrogens with one attached hydrogen (secondary N) is 1. The summed E-state index contributed by atoms with van der Waals surface area (Å²) in [6.07, 6.45) is 1.37. The number of carboxylic acids is 1. The van der Waals surface area contributed by atoms with E-state index in [-0.39, 0.29) is 28.2 Å². The van der Waals surface area contributed by atoms with Crippen LogP contribution in [0, 0.1) is 0 Å². The molecule has 2 rings (SSSR count). The lowest BCUT2D eigenvalue weighted by atomic mass is 10.1. The van der Waals surface area contributed by atoms with Crippen LogP contribution in [0.1, 0.15) is 19.3 Å². The van der Waals surface area contributed by atoms with Crippen molar-refractivity contribution in [3.05, 3.63) is 27.2 Å². The number of amides is 2. The summed E-state index contributed by atoms with van der Waals surface area (Å²) in [5.74, 6) is -0.928. The van der Waals surface area contributed by atoms with Gasteiger partial charge in [-0.05, 0) is 25.0 Å². The highest BCUT2D eigenvalue weighted by atomic mass is 35.5. The summed E-state index contributed by atoms with van der Waals surface area (Å²) < 4.78 is 0. The van der Waals surface area contributed by atoms with Crippen LogP contribution in [0.2, 0.25) is 15.1 Å². The molecule has 21 heavy (non-hydrogen) atoms. The van der Waals surface area contributed by atoms with E-state index in [2.05, 4.69) is 5.32 Å². The van der Waals surface area contributed by atoms with Crippen molar-refractivity contribution in [3.63, 3.8) is 0 Å². The Morgan fingerprint density at radius 2 is 1.90 bits per heavy atom. The van der Waals surface area contributed by atoms with E-state index < -0.39 is 12.0 Å². The molecular formula is C13H13Cl3N2O3. The van der Waals surface area contributed by atoms with Gasteiger partial charge in [0.05, 0.1) is 22.2 Å². The second kappa shape index (κ2) is 6.73. The van der Waals surface area contributed by atoms with E-state index in [4.69, 9.17) is 39.9 Å². The molecule has 1 aromatic carbocycles. The number of anilines is 1. The van der Waals surface area contributed by atoms with Gasteiger partial charge in [-0.2, -0.15) is 0 Å². The average molecular weight is 352 g/mol. The van der Waals surface area contributed by atoms with Crippen LogP contribution < -0.4 is 5.32 Å². The van der Waals surface area contributed by atoms with Gasteiger partial charge in [0, 0.05) is 17.6 Å². The third kappa shape index (κ3) is 3.93. The minimum Gasteiger partial charge on any atom is -0.481 e. The van der Waals surface area contributed by atoms with E-state index >= 15 is 0 Å². The third-order valence-corrected chi connectivity index (χ3v) is 4.10. The first-order valence-corrected chi connectivity index (χ1v) is 7.46. The molecule has 0 bridgehead atoms. The van der Waals surface area contributed by atoms with E-state index in [0.29, 0.717) is 18.0 Å². The quantitative estimate of drug-likeness (QED) is 0.860. The minimum absolute atomic E-state index is 0.0739. The Kier molecular flexibility index (Phi) is 5.19. The summed E-state index contributed by atoms with van der Waals surface area (Å²) in [6.45, 7) is 0.507. The lowest BCUT2D eigenvalue weighted by molar-refractivity contribution is -0.137. The van der Waals surface area contributed by atoms with Crippen LogP contribution in [0.5, 0.6) is 0 Å². The van der Waals surface area contributed by atoms with Gasteiger partial charge in [0.1, 0.15) is 0 Å². The number of hydrogen-bond donors (Lipinski definition) is 2. The van der Waals surface area contributed by atoms with Gasteiger partial charge < -0.3 is 15.3 Å². The molecule has 1 saturated heterocycles. The molecule has 2 amide bonds. The highest BCUT2D eigenvalue weighted by molar-refractivity contribution is 6.42. The van der Waals surface area contributed by atoms with Gasteiger partial charge in [-0.3, -0.25) is 4.79 Å². The Morgan fingerprint density at radius 3 is 2.48 bits per heavy atom. The van der Waals surface area contributed by atoms with Crippen LogP contribution in [0.4, 0.5) is 10.5 Å². The molecule has 0 spiro atoms. The number of likely N-dealkylation sites (tertiary alicyclic amines) is 1. The fraction of sp³-hybridized carbons (Fsp3) is 0.385. The molecule has 1 fully saturated rings. The Morgan fingerprint density at radius 1 is 1.29 bits per heavy atom. The predicted octanol–water partition coefficient (Wildman–Crippen LogP) is 4.12. The van der Waals surface area contributed by atoms with Gasteiger partial charge in [-0.25, -0.2) is 4.79 Å². The van der Waals surface area contributed by atoms with Crippen molar-refractivity contribution in [3.8, 4) is 0 Å². The highest BCUT2D eigenvalue weighted by Crippen LogP contribution is 2.34. The molecule has 0 aliphatic carbocycles. The van der Waals surface area contributed by atoms with Gasteiger partial charge in [-0.1, -0.05) is 34.8 Å². The Hall–Kier alpha value is -1.17. The molecule has 2 N–H and O–H groups in total. The maximum absolute atomic E-state index is 12.3. The van der Waals surface area contributed by atoms with Gasteiger partial charge in [0.15, 0.2) is 0 Å². The van der Waals surface area contributed by atoms with Crippen molar-refractivity contribution in [2.24, 2.45) is 0 Å². The monoisotopic (exact) mass is 350 g/mol. The summed E-state index contributed by atoms with van der Waals surface area (Å²) >= 11 is 17.8. The van der Waals surface area contributed by atoms with Crippen molar-refractivity contribution in [1.82, 2.24) is 4.90 Å². The molecule has 0 aromatic heterocycles. The molecule has 1 aliphatic heterocycles. The average Bonchev–Trinajstić information content (AvgIpc) is 2.80. The predicted molar refractivity (Wildman–Crippen MR) is 82.5 cm³/mol. The van der Waals surface area contributed by atoms with Gasteiger partial charge in [0.25, 0.3) is 0 Å². The molecule has 1 heterocycles. The second-order valence-corrected chi connectivity index (χ2v) is 6.01. The first kappa shape index (κ1) is 16.2. The van der Waals surface area contributed by atoms with E-state index in [1.54, 1.807) is 0 Å². The molecule has 114 valence electrons. The molecule has 1 unspecified atom stereocenters. The molecule has 0 saturated carbocycles. The summed E-state index contributed by atoms with van der Waals surface area (Å²) in [5.41, 5.74) is 0.272. The SMILES string of the molecule is O=C(O)CC1CCCN1C(=O)Nc1c(Cl)cc(Cl)cc1Cl. The minimum atomic E-state index is -0.928. The molecule has 8 heteroatoms. The number of hydrogen-bond acceptors (Lipinski definition) is 2. The zero-order chi connectivity index (χ0) is 15.6. The molecule has 5 nitrogen and oxygen atoms in total. The van der Waals surface area contributed by atoms with Crippen molar-refractivity contribution in [1.29, 1.82) is 0 Å². The summed E-state index contributed by atoms with van der Waals surface area (Å²) in [5, 5.41) is 12.3. The van der Waals surface area contributed by atoms with Crippen LogP contribution in [0.25, 0.3) is 0 Å². The van der Waals surface area contributed by atoms with Gasteiger partial charge >= 0.3 is 12.0 Å². The van der Waals surface area contributed by atoms with Crippen LogP contribution in [-0.4, -0.2) is 34.6 Å². The lowest BCUT2D eigenvalue weighted by Gasteiger charge is -2.24. The normalized spacial score (nSPS) is 17.9. The molecular weight excluding hydrogens is 339 g/mol. The maximum atomic E-state index is 12.3. The van der Waals surface area contributed by atoms with E-state index in [1.165, 1.54) is 17.0 Å². The number of urea groups is 1. The Bertz CT molecular complexity index is 557. The standard InChI is InChI=1S/C13H13Cl3N2O3/c14-7-4-9(15)12(10(16)5-7)17-13(21)18-3-1-2-8(18)6-11(19)20/h4-5,8H,1-3,6H2,(H,17,21)(H,19,20). The zero-order valence-corrected chi connectivity index (χ0v) is 13.2. The number of halogens is 3. The van der Waals surface area contributed by atoms with E-state index in [0.717, 1.165) is 6.42 Å². The van der Waals surface area contributed by atoms with Crippen molar-refractivity contribution in [2.45, 2.75) is 25.3 Å². The maximum Gasteiger partial charge on any atom is 0.322 e. The number of aliphatic carboxylic acids is 1. The number of carbonyl (C=O) groups excluding carboxylic acids is 1. The Labute approximate surface area is 136 Å². The van der Waals surface area contributed by atoms with Crippen molar-refractivity contribution >= 4 is 52.5 Å². The lowest BCUT2D eigenvalue weighted by Crippen LogP contribution is -2.39. The van der Waals surface area contributed by atoms with Gasteiger partial charge in [0.2, 0.25) is 0 Å². The summed E-state index contributed by atoms with van der Waals surface area (Å²) in [4.78, 5) is 24.6. The van der Waals surface area contributed by atoms with Crippen molar-refractivity contribution < 1.29 is 14.7 Å². The molecule has 1 aliphatic rings. The number of carbonyl (C=O) groups is 2. The largest absolute Gasteiger partial charge is 0.481 e.